The van der Waals surface area contributed by atoms with Crippen molar-refractivity contribution in [2.75, 3.05) is 13.2 Å². The molecule has 5 heteroatoms. The zero-order valence-corrected chi connectivity index (χ0v) is 9.37. The Morgan fingerprint density at radius 1 is 1.35 bits per heavy atom. The Morgan fingerprint density at radius 3 is 2.59 bits per heavy atom. The van der Waals surface area contributed by atoms with Crippen LogP contribution < -0.4 is 10.1 Å². The van der Waals surface area contributed by atoms with Crippen molar-refractivity contribution in [1.29, 1.82) is 0 Å². The van der Waals surface area contributed by atoms with E-state index in [1.807, 2.05) is 0 Å². The Kier molecular flexibility index (Phi) is 5.13. The highest BCUT2D eigenvalue weighted by atomic mass is 19.1. The molecule has 0 spiro atoms. The number of nitrogens with one attached hydrogen (secondary N) is 1. The molecule has 0 heterocycles. The van der Waals surface area contributed by atoms with E-state index in [9.17, 15) is 13.6 Å². The monoisotopic (exact) mass is 241 g/mol. The Morgan fingerprint density at radius 2 is 2.00 bits per heavy atom. The number of ether oxygens (including phenoxy) is 1. The number of rotatable bonds is 5. The molecule has 0 unspecified atom stereocenters. The third-order valence-corrected chi connectivity index (χ3v) is 1.82. The van der Waals surface area contributed by atoms with E-state index < -0.39 is 11.6 Å². The average Bonchev–Trinajstić information content (AvgIpc) is 2.23. The average molecular weight is 241 g/mol. The molecule has 1 rings (SSSR count). The molecule has 1 amide bonds. The molecule has 1 aromatic rings. The second-order valence-corrected chi connectivity index (χ2v) is 3.24. The molecule has 0 aliphatic heterocycles. The molecule has 0 bridgehead atoms. The van der Waals surface area contributed by atoms with Gasteiger partial charge in [0.15, 0.2) is 0 Å². The van der Waals surface area contributed by atoms with Crippen LogP contribution in [0, 0.1) is 11.6 Å². The van der Waals surface area contributed by atoms with Gasteiger partial charge in [0.1, 0.15) is 24.0 Å². The van der Waals surface area contributed by atoms with E-state index >= 15 is 0 Å². The normalized spacial score (nSPS) is 10.5. The van der Waals surface area contributed by atoms with Crippen molar-refractivity contribution in [3.05, 3.63) is 42.0 Å². The largest absolute Gasteiger partial charge is 0.492 e. The van der Waals surface area contributed by atoms with Crippen LogP contribution in [-0.2, 0) is 4.79 Å². The molecule has 0 atom stereocenters. The van der Waals surface area contributed by atoms with Gasteiger partial charge in [0.2, 0.25) is 5.91 Å². The highest BCUT2D eigenvalue weighted by molar-refractivity contribution is 5.87. The number of hydrogen-bond acceptors (Lipinski definition) is 2. The maximum absolute atomic E-state index is 12.8. The van der Waals surface area contributed by atoms with E-state index in [1.165, 1.54) is 6.08 Å². The molecule has 0 radical (unpaired) electrons. The van der Waals surface area contributed by atoms with Crippen LogP contribution in [0.25, 0.3) is 0 Å². The van der Waals surface area contributed by atoms with Gasteiger partial charge in [-0.15, -0.1) is 0 Å². The standard InChI is InChI=1S/C12H13F2NO2/c1-2-3-12(16)15-4-5-17-11-7-9(13)6-10(14)8-11/h2-3,6-8H,4-5H2,1H3,(H,15,16)/b3-2+. The van der Waals surface area contributed by atoms with E-state index in [1.54, 1.807) is 13.0 Å². The first-order valence-electron chi connectivity index (χ1n) is 5.11. The lowest BCUT2D eigenvalue weighted by Gasteiger charge is -2.06. The number of hydrogen-bond donors (Lipinski definition) is 1. The summed E-state index contributed by atoms with van der Waals surface area (Å²) in [5, 5.41) is 2.54. The molecule has 0 aliphatic carbocycles. The molecule has 17 heavy (non-hydrogen) atoms. The first-order chi connectivity index (χ1) is 8.11. The summed E-state index contributed by atoms with van der Waals surface area (Å²) >= 11 is 0. The number of allylic oxidation sites excluding steroid dienone is 1. The fourth-order valence-electron chi connectivity index (χ4n) is 1.17. The third kappa shape index (κ3) is 5.10. The van der Waals surface area contributed by atoms with Crippen LogP contribution in [0.5, 0.6) is 5.75 Å². The summed E-state index contributed by atoms with van der Waals surface area (Å²) in [6, 6.07) is 2.92. The number of amides is 1. The summed E-state index contributed by atoms with van der Waals surface area (Å²) in [6.07, 6.45) is 2.99. The Balaban J connectivity index is 2.33. The highest BCUT2D eigenvalue weighted by Crippen LogP contribution is 2.14. The third-order valence-electron chi connectivity index (χ3n) is 1.82. The minimum atomic E-state index is -0.696. The molecule has 0 fully saturated rings. The molecule has 0 saturated heterocycles. The fourth-order valence-corrected chi connectivity index (χ4v) is 1.17. The van der Waals surface area contributed by atoms with Crippen molar-refractivity contribution in [1.82, 2.24) is 5.32 Å². The van der Waals surface area contributed by atoms with E-state index in [-0.39, 0.29) is 24.8 Å². The van der Waals surface area contributed by atoms with E-state index in [4.69, 9.17) is 4.74 Å². The summed E-state index contributed by atoms with van der Waals surface area (Å²) in [6.45, 7) is 2.14. The maximum atomic E-state index is 12.8. The van der Waals surface area contributed by atoms with Gasteiger partial charge in [-0.2, -0.15) is 0 Å². The fraction of sp³-hybridized carbons (Fsp3) is 0.250. The lowest BCUT2D eigenvalue weighted by molar-refractivity contribution is -0.116. The second kappa shape index (κ2) is 6.62. The zero-order chi connectivity index (χ0) is 12.7. The number of benzene rings is 1. The van der Waals surface area contributed by atoms with Gasteiger partial charge < -0.3 is 10.1 Å². The van der Waals surface area contributed by atoms with Crippen molar-refractivity contribution < 1.29 is 18.3 Å². The molecule has 0 aromatic heterocycles. The van der Waals surface area contributed by atoms with Crippen LogP contribution in [0.3, 0.4) is 0 Å². The quantitative estimate of drug-likeness (QED) is 0.632. The van der Waals surface area contributed by atoms with Crippen molar-refractivity contribution in [2.24, 2.45) is 0 Å². The molecular formula is C12H13F2NO2. The van der Waals surface area contributed by atoms with Gasteiger partial charge in [-0.05, 0) is 13.0 Å². The van der Waals surface area contributed by atoms with Crippen LogP contribution in [0.1, 0.15) is 6.92 Å². The van der Waals surface area contributed by atoms with Crippen molar-refractivity contribution in [2.45, 2.75) is 6.92 Å². The van der Waals surface area contributed by atoms with Crippen molar-refractivity contribution >= 4 is 5.91 Å². The lowest BCUT2D eigenvalue weighted by atomic mass is 10.3. The van der Waals surface area contributed by atoms with Gasteiger partial charge in [-0.3, -0.25) is 4.79 Å². The highest BCUT2D eigenvalue weighted by Gasteiger charge is 2.01. The first kappa shape index (κ1) is 13.2. The van der Waals surface area contributed by atoms with Crippen molar-refractivity contribution in [3.8, 4) is 5.75 Å². The molecule has 0 aliphatic rings. The predicted molar refractivity (Wildman–Crippen MR) is 59.7 cm³/mol. The Hall–Kier alpha value is -1.91. The van der Waals surface area contributed by atoms with Gasteiger partial charge in [0.05, 0.1) is 6.54 Å². The van der Waals surface area contributed by atoms with Crippen LogP contribution in [0.4, 0.5) is 8.78 Å². The van der Waals surface area contributed by atoms with Crippen molar-refractivity contribution in [3.63, 3.8) is 0 Å². The Bertz CT molecular complexity index is 399. The van der Waals surface area contributed by atoms with Gasteiger partial charge >= 0.3 is 0 Å². The number of halogens is 2. The summed E-state index contributed by atoms with van der Waals surface area (Å²) in [7, 11) is 0. The SMILES string of the molecule is C/C=C/C(=O)NCCOc1cc(F)cc(F)c1. The molecule has 1 N–H and O–H groups in total. The molecule has 0 saturated carbocycles. The molecule has 92 valence electrons. The van der Waals surface area contributed by atoms with E-state index in [0.29, 0.717) is 0 Å². The second-order valence-electron chi connectivity index (χ2n) is 3.24. The number of carbonyl (C=O) groups excluding carboxylic acids is 1. The zero-order valence-electron chi connectivity index (χ0n) is 9.37. The topological polar surface area (TPSA) is 38.3 Å². The minimum Gasteiger partial charge on any atom is -0.492 e. The van der Waals surface area contributed by atoms with Crippen LogP contribution >= 0.6 is 0 Å². The van der Waals surface area contributed by atoms with Crippen LogP contribution in [-0.4, -0.2) is 19.1 Å². The number of carbonyl (C=O) groups is 1. The van der Waals surface area contributed by atoms with E-state index in [2.05, 4.69) is 5.32 Å². The minimum absolute atomic E-state index is 0.0998. The lowest BCUT2D eigenvalue weighted by Crippen LogP contribution is -2.26. The van der Waals surface area contributed by atoms with Gasteiger partial charge in [-0.25, -0.2) is 8.78 Å². The molecule has 1 aromatic carbocycles. The summed E-state index contributed by atoms with van der Waals surface area (Å²) in [5.74, 6) is -1.53. The Labute approximate surface area is 98.1 Å². The summed E-state index contributed by atoms with van der Waals surface area (Å²) < 4.78 is 30.6. The smallest absolute Gasteiger partial charge is 0.243 e. The van der Waals surface area contributed by atoms with Crippen LogP contribution in [0.2, 0.25) is 0 Å². The van der Waals surface area contributed by atoms with E-state index in [0.717, 1.165) is 18.2 Å². The first-order valence-corrected chi connectivity index (χ1v) is 5.11. The van der Waals surface area contributed by atoms with Gasteiger partial charge in [0.25, 0.3) is 0 Å². The van der Waals surface area contributed by atoms with Gasteiger partial charge in [0, 0.05) is 18.2 Å². The molecule has 3 nitrogen and oxygen atoms in total. The maximum Gasteiger partial charge on any atom is 0.243 e. The van der Waals surface area contributed by atoms with Gasteiger partial charge in [-0.1, -0.05) is 6.08 Å². The predicted octanol–water partition coefficient (Wildman–Crippen LogP) is 2.04. The summed E-state index contributed by atoms with van der Waals surface area (Å²) in [5.41, 5.74) is 0. The van der Waals surface area contributed by atoms with Crippen LogP contribution in [0.15, 0.2) is 30.4 Å². The molecular weight excluding hydrogens is 228 g/mol. The summed E-state index contributed by atoms with van der Waals surface area (Å²) in [4.78, 5) is 11.0.